The van der Waals surface area contributed by atoms with Crippen LogP contribution < -0.4 is 10.0 Å². The SMILES string of the molecule is CCS(=O)(=O)Nc1ccc(NC(=O)OC(C)(C)C)cc1. The summed E-state index contributed by atoms with van der Waals surface area (Å²) in [5.74, 6) is 0.00487. The van der Waals surface area contributed by atoms with Crippen molar-refractivity contribution < 1.29 is 17.9 Å². The molecule has 2 N–H and O–H groups in total. The first-order valence-corrected chi connectivity index (χ1v) is 7.87. The van der Waals surface area contributed by atoms with Crippen LogP contribution in [0.4, 0.5) is 16.2 Å². The van der Waals surface area contributed by atoms with Crippen molar-refractivity contribution in [3.63, 3.8) is 0 Å². The van der Waals surface area contributed by atoms with E-state index in [-0.39, 0.29) is 5.75 Å². The summed E-state index contributed by atoms with van der Waals surface area (Å²) < 4.78 is 30.3. The Balaban J connectivity index is 2.66. The van der Waals surface area contributed by atoms with Crippen LogP contribution in [0, 0.1) is 0 Å². The van der Waals surface area contributed by atoms with Crippen molar-refractivity contribution in [2.75, 3.05) is 15.8 Å². The zero-order valence-corrected chi connectivity index (χ0v) is 12.9. The minimum atomic E-state index is -3.29. The molecule has 0 atom stereocenters. The number of hydrogen-bond donors (Lipinski definition) is 2. The van der Waals surface area contributed by atoms with E-state index in [1.165, 1.54) is 0 Å². The lowest BCUT2D eigenvalue weighted by Gasteiger charge is -2.19. The molecule has 1 rings (SSSR count). The molecule has 0 bridgehead atoms. The average molecular weight is 300 g/mol. The number of carbonyl (C=O) groups is 1. The molecule has 0 heterocycles. The molecule has 0 radical (unpaired) electrons. The largest absolute Gasteiger partial charge is 0.444 e. The van der Waals surface area contributed by atoms with Gasteiger partial charge >= 0.3 is 6.09 Å². The Bertz CT molecular complexity index is 559. The minimum absolute atomic E-state index is 0.00487. The average Bonchev–Trinajstić information content (AvgIpc) is 2.29. The van der Waals surface area contributed by atoms with E-state index in [4.69, 9.17) is 4.74 Å². The van der Waals surface area contributed by atoms with Crippen molar-refractivity contribution in [3.8, 4) is 0 Å². The number of benzene rings is 1. The van der Waals surface area contributed by atoms with Crippen LogP contribution in [0.25, 0.3) is 0 Å². The Morgan fingerprint density at radius 2 is 1.65 bits per heavy atom. The van der Waals surface area contributed by atoms with Crippen molar-refractivity contribution in [2.45, 2.75) is 33.3 Å². The Morgan fingerprint density at radius 1 is 1.15 bits per heavy atom. The molecule has 0 unspecified atom stereocenters. The molecule has 0 aromatic heterocycles. The van der Waals surface area contributed by atoms with E-state index in [0.717, 1.165) is 0 Å². The zero-order chi connectivity index (χ0) is 15.4. The van der Waals surface area contributed by atoms with Crippen molar-refractivity contribution >= 4 is 27.5 Å². The lowest BCUT2D eigenvalue weighted by molar-refractivity contribution is 0.0636. The van der Waals surface area contributed by atoms with Crippen molar-refractivity contribution in [3.05, 3.63) is 24.3 Å². The quantitative estimate of drug-likeness (QED) is 0.895. The number of carbonyl (C=O) groups excluding carboxylic acids is 1. The number of rotatable bonds is 4. The zero-order valence-electron chi connectivity index (χ0n) is 12.1. The predicted octanol–water partition coefficient (Wildman–Crippen LogP) is 2.80. The summed E-state index contributed by atoms with van der Waals surface area (Å²) in [7, 11) is -3.29. The third kappa shape index (κ3) is 5.92. The molecule has 0 spiro atoms. The van der Waals surface area contributed by atoms with Crippen LogP contribution in [-0.4, -0.2) is 25.9 Å². The first-order chi connectivity index (χ1) is 9.11. The first kappa shape index (κ1) is 16.3. The van der Waals surface area contributed by atoms with Crippen LogP contribution in [-0.2, 0) is 14.8 Å². The number of amides is 1. The maximum Gasteiger partial charge on any atom is 0.412 e. The van der Waals surface area contributed by atoms with Crippen LogP contribution in [0.1, 0.15) is 27.7 Å². The number of ether oxygens (including phenoxy) is 1. The van der Waals surface area contributed by atoms with Crippen molar-refractivity contribution in [2.24, 2.45) is 0 Å². The fourth-order valence-corrected chi connectivity index (χ4v) is 1.93. The highest BCUT2D eigenvalue weighted by atomic mass is 32.2. The van der Waals surface area contributed by atoms with Gasteiger partial charge in [0.1, 0.15) is 5.60 Å². The van der Waals surface area contributed by atoms with E-state index in [9.17, 15) is 13.2 Å². The van der Waals surface area contributed by atoms with Crippen molar-refractivity contribution in [1.82, 2.24) is 0 Å². The maximum absolute atomic E-state index is 11.5. The Morgan fingerprint density at radius 3 is 2.10 bits per heavy atom. The normalized spacial score (nSPS) is 11.8. The number of sulfonamides is 1. The van der Waals surface area contributed by atoms with Gasteiger partial charge in [0.15, 0.2) is 0 Å². The van der Waals surface area contributed by atoms with Crippen LogP contribution in [0.2, 0.25) is 0 Å². The Kier molecular flexibility index (Phi) is 4.99. The van der Waals surface area contributed by atoms with Crippen LogP contribution >= 0.6 is 0 Å². The van der Waals surface area contributed by atoms with Gasteiger partial charge in [-0.05, 0) is 52.0 Å². The molecule has 1 aromatic rings. The molecule has 112 valence electrons. The van der Waals surface area contributed by atoms with Gasteiger partial charge in [-0.25, -0.2) is 13.2 Å². The van der Waals surface area contributed by atoms with E-state index in [2.05, 4.69) is 10.0 Å². The summed E-state index contributed by atoms with van der Waals surface area (Å²) in [6.45, 7) is 6.88. The molecule has 0 aliphatic carbocycles. The fraction of sp³-hybridized carbons (Fsp3) is 0.462. The molecule has 1 aromatic carbocycles. The lowest BCUT2D eigenvalue weighted by Crippen LogP contribution is -2.27. The summed E-state index contributed by atoms with van der Waals surface area (Å²) in [6, 6.07) is 6.33. The van der Waals surface area contributed by atoms with Gasteiger partial charge in [0.05, 0.1) is 5.75 Å². The molecule has 0 saturated carbocycles. The third-order valence-corrected chi connectivity index (χ3v) is 3.49. The van der Waals surface area contributed by atoms with Gasteiger partial charge in [-0.15, -0.1) is 0 Å². The number of anilines is 2. The minimum Gasteiger partial charge on any atom is -0.444 e. The van der Waals surface area contributed by atoms with Crippen molar-refractivity contribution in [1.29, 1.82) is 0 Å². The molecule has 0 aliphatic heterocycles. The van der Waals surface area contributed by atoms with E-state index in [0.29, 0.717) is 11.4 Å². The molecule has 1 amide bonds. The van der Waals surface area contributed by atoms with E-state index in [1.807, 2.05) is 0 Å². The monoisotopic (exact) mass is 300 g/mol. The Hall–Kier alpha value is -1.76. The highest BCUT2D eigenvalue weighted by Gasteiger charge is 2.16. The van der Waals surface area contributed by atoms with Gasteiger partial charge in [-0.2, -0.15) is 0 Å². The molecule has 7 heteroatoms. The van der Waals surface area contributed by atoms with Crippen LogP contribution in [0.3, 0.4) is 0 Å². The third-order valence-electron chi connectivity index (χ3n) is 2.18. The smallest absolute Gasteiger partial charge is 0.412 e. The molecule has 20 heavy (non-hydrogen) atoms. The standard InChI is InChI=1S/C13H20N2O4S/c1-5-20(17,18)15-11-8-6-10(7-9-11)14-12(16)19-13(2,3)4/h6-9,15H,5H2,1-4H3,(H,14,16). The summed E-state index contributed by atoms with van der Waals surface area (Å²) in [6.07, 6.45) is -0.556. The predicted molar refractivity (Wildman–Crippen MR) is 79.4 cm³/mol. The summed E-state index contributed by atoms with van der Waals surface area (Å²) in [5.41, 5.74) is 0.404. The second kappa shape index (κ2) is 6.13. The number of nitrogens with one attached hydrogen (secondary N) is 2. The second-order valence-electron chi connectivity index (χ2n) is 5.21. The fourth-order valence-electron chi connectivity index (χ4n) is 1.29. The maximum atomic E-state index is 11.5. The highest BCUT2D eigenvalue weighted by Crippen LogP contribution is 2.16. The molecule has 0 fully saturated rings. The first-order valence-electron chi connectivity index (χ1n) is 6.22. The topological polar surface area (TPSA) is 84.5 Å². The molecule has 6 nitrogen and oxygen atoms in total. The lowest BCUT2D eigenvalue weighted by atomic mass is 10.2. The molecular weight excluding hydrogens is 280 g/mol. The van der Waals surface area contributed by atoms with Gasteiger partial charge < -0.3 is 4.74 Å². The number of hydrogen-bond acceptors (Lipinski definition) is 4. The van der Waals surface area contributed by atoms with Gasteiger partial charge in [-0.3, -0.25) is 10.0 Å². The summed E-state index contributed by atoms with van der Waals surface area (Å²) in [4.78, 5) is 11.5. The van der Waals surface area contributed by atoms with E-state index >= 15 is 0 Å². The van der Waals surface area contributed by atoms with Crippen LogP contribution in [0.15, 0.2) is 24.3 Å². The van der Waals surface area contributed by atoms with E-state index < -0.39 is 21.7 Å². The Labute approximate surface area is 119 Å². The van der Waals surface area contributed by atoms with Gasteiger partial charge in [0.25, 0.3) is 0 Å². The van der Waals surface area contributed by atoms with Crippen LogP contribution in [0.5, 0.6) is 0 Å². The summed E-state index contributed by atoms with van der Waals surface area (Å²) in [5, 5.41) is 2.56. The molecule has 0 aliphatic rings. The summed E-state index contributed by atoms with van der Waals surface area (Å²) >= 11 is 0. The second-order valence-corrected chi connectivity index (χ2v) is 7.22. The highest BCUT2D eigenvalue weighted by molar-refractivity contribution is 7.92. The van der Waals surface area contributed by atoms with Gasteiger partial charge in [0, 0.05) is 11.4 Å². The molecular formula is C13H20N2O4S. The van der Waals surface area contributed by atoms with E-state index in [1.54, 1.807) is 52.0 Å². The van der Waals surface area contributed by atoms with Gasteiger partial charge in [-0.1, -0.05) is 0 Å². The molecule has 0 saturated heterocycles. The van der Waals surface area contributed by atoms with Gasteiger partial charge in [0.2, 0.25) is 10.0 Å².